The summed E-state index contributed by atoms with van der Waals surface area (Å²) < 4.78 is 4.88. The second-order valence-corrected chi connectivity index (χ2v) is 5.44. The Labute approximate surface area is 135 Å². The summed E-state index contributed by atoms with van der Waals surface area (Å²) in [6.07, 6.45) is 3.27. The van der Waals surface area contributed by atoms with Gasteiger partial charge in [0, 0.05) is 38.1 Å². The van der Waals surface area contributed by atoms with Crippen LogP contribution in [0.4, 0.5) is 0 Å². The quantitative estimate of drug-likeness (QED) is 0.812. The number of rotatable bonds is 5. The smallest absolute Gasteiger partial charge is 0.316 e. The van der Waals surface area contributed by atoms with Crippen molar-refractivity contribution in [2.75, 3.05) is 26.7 Å². The first-order chi connectivity index (χ1) is 11.0. The van der Waals surface area contributed by atoms with Gasteiger partial charge in [-0.05, 0) is 20.3 Å². The van der Waals surface area contributed by atoms with Crippen LogP contribution in [0.3, 0.4) is 0 Å². The van der Waals surface area contributed by atoms with E-state index in [-0.39, 0.29) is 23.9 Å². The highest BCUT2D eigenvalue weighted by Crippen LogP contribution is 2.21. The summed E-state index contributed by atoms with van der Waals surface area (Å²) in [6.45, 7) is 5.39. The molecule has 8 heteroatoms. The van der Waals surface area contributed by atoms with Crippen molar-refractivity contribution in [1.82, 2.24) is 19.8 Å². The minimum absolute atomic E-state index is 0.0641. The highest BCUT2D eigenvalue weighted by molar-refractivity contribution is 5.97. The topological polar surface area (TPSA) is 102 Å². The van der Waals surface area contributed by atoms with Crippen molar-refractivity contribution in [2.45, 2.75) is 32.4 Å². The third kappa shape index (κ3) is 3.58. The Kier molecular flexibility index (Phi) is 5.49. The fourth-order valence-corrected chi connectivity index (χ4v) is 2.77. The summed E-state index contributed by atoms with van der Waals surface area (Å²) in [5.74, 6) is -0.350. The molecule has 1 aliphatic rings. The SMILES string of the molecule is CCN(CC)C(=O)[C@@H]1C[C@H](N)CN1C(=O)c1cnc(OC)nc1. The summed E-state index contributed by atoms with van der Waals surface area (Å²) in [7, 11) is 1.45. The number of carbonyl (C=O) groups excluding carboxylic acids is 2. The van der Waals surface area contributed by atoms with Crippen molar-refractivity contribution >= 4 is 11.8 Å². The van der Waals surface area contributed by atoms with Gasteiger partial charge in [0.05, 0.1) is 12.7 Å². The van der Waals surface area contributed by atoms with Crippen molar-refractivity contribution in [3.05, 3.63) is 18.0 Å². The van der Waals surface area contributed by atoms with Gasteiger partial charge in [-0.2, -0.15) is 0 Å². The molecule has 0 aromatic carbocycles. The van der Waals surface area contributed by atoms with E-state index in [0.29, 0.717) is 31.6 Å². The van der Waals surface area contributed by atoms with Gasteiger partial charge in [0.15, 0.2) is 0 Å². The molecule has 0 saturated carbocycles. The van der Waals surface area contributed by atoms with E-state index in [9.17, 15) is 9.59 Å². The van der Waals surface area contributed by atoms with Crippen LogP contribution in [0.5, 0.6) is 6.01 Å². The Morgan fingerprint density at radius 3 is 2.48 bits per heavy atom. The number of nitrogens with two attached hydrogens (primary N) is 1. The number of carbonyl (C=O) groups is 2. The molecule has 126 valence electrons. The van der Waals surface area contributed by atoms with E-state index in [4.69, 9.17) is 10.5 Å². The molecule has 0 spiro atoms. The third-order valence-electron chi connectivity index (χ3n) is 4.01. The molecule has 2 rings (SSSR count). The van der Waals surface area contributed by atoms with Gasteiger partial charge < -0.3 is 20.3 Å². The van der Waals surface area contributed by atoms with E-state index in [1.54, 1.807) is 4.90 Å². The number of likely N-dealkylation sites (tertiary alicyclic amines) is 1. The maximum atomic E-state index is 12.7. The monoisotopic (exact) mass is 321 g/mol. The van der Waals surface area contributed by atoms with Gasteiger partial charge in [0.25, 0.3) is 5.91 Å². The van der Waals surface area contributed by atoms with Crippen molar-refractivity contribution in [3.63, 3.8) is 0 Å². The summed E-state index contributed by atoms with van der Waals surface area (Å²) in [5, 5.41) is 0. The zero-order chi connectivity index (χ0) is 17.0. The molecule has 0 unspecified atom stereocenters. The molecule has 1 fully saturated rings. The summed E-state index contributed by atoms with van der Waals surface area (Å²) >= 11 is 0. The van der Waals surface area contributed by atoms with E-state index in [1.807, 2.05) is 13.8 Å². The van der Waals surface area contributed by atoms with Crippen molar-refractivity contribution in [2.24, 2.45) is 5.73 Å². The van der Waals surface area contributed by atoms with E-state index in [0.717, 1.165) is 0 Å². The van der Waals surface area contributed by atoms with Gasteiger partial charge in [-0.1, -0.05) is 0 Å². The molecular formula is C15H23N5O3. The molecule has 23 heavy (non-hydrogen) atoms. The van der Waals surface area contributed by atoms with Crippen LogP contribution in [-0.2, 0) is 4.79 Å². The van der Waals surface area contributed by atoms with Crippen LogP contribution in [0.2, 0.25) is 0 Å². The summed E-state index contributed by atoms with van der Waals surface area (Å²) in [5.41, 5.74) is 6.30. The van der Waals surface area contributed by atoms with Gasteiger partial charge in [0.1, 0.15) is 6.04 Å². The van der Waals surface area contributed by atoms with E-state index >= 15 is 0 Å². The molecule has 0 radical (unpaired) electrons. The van der Waals surface area contributed by atoms with Crippen LogP contribution in [0.25, 0.3) is 0 Å². The van der Waals surface area contributed by atoms with Gasteiger partial charge >= 0.3 is 6.01 Å². The molecule has 2 atom stereocenters. The third-order valence-corrected chi connectivity index (χ3v) is 4.01. The summed E-state index contributed by atoms with van der Waals surface area (Å²) in [6, 6.07) is -0.544. The van der Waals surface area contributed by atoms with Crippen LogP contribution in [-0.4, -0.2) is 70.4 Å². The van der Waals surface area contributed by atoms with E-state index in [2.05, 4.69) is 9.97 Å². The lowest BCUT2D eigenvalue weighted by molar-refractivity contribution is -0.134. The van der Waals surface area contributed by atoms with Crippen molar-refractivity contribution in [3.8, 4) is 6.01 Å². The number of aromatic nitrogens is 2. The van der Waals surface area contributed by atoms with Crippen LogP contribution in [0, 0.1) is 0 Å². The minimum atomic E-state index is -0.528. The lowest BCUT2D eigenvalue weighted by Crippen LogP contribution is -2.47. The molecule has 2 heterocycles. The predicted molar refractivity (Wildman–Crippen MR) is 83.9 cm³/mol. The fraction of sp³-hybridized carbons (Fsp3) is 0.600. The maximum absolute atomic E-state index is 12.7. The largest absolute Gasteiger partial charge is 0.467 e. The first-order valence-corrected chi connectivity index (χ1v) is 7.73. The zero-order valence-corrected chi connectivity index (χ0v) is 13.7. The first kappa shape index (κ1) is 17.1. The molecule has 1 aromatic rings. The van der Waals surface area contributed by atoms with Crippen LogP contribution in [0.15, 0.2) is 12.4 Å². The predicted octanol–water partition coefficient (Wildman–Crippen LogP) is -0.105. The van der Waals surface area contributed by atoms with Gasteiger partial charge in [-0.3, -0.25) is 9.59 Å². The number of ether oxygens (including phenoxy) is 1. The van der Waals surface area contributed by atoms with Crippen molar-refractivity contribution < 1.29 is 14.3 Å². The normalized spacial score (nSPS) is 20.4. The Morgan fingerprint density at radius 1 is 1.35 bits per heavy atom. The lowest BCUT2D eigenvalue weighted by Gasteiger charge is -2.28. The van der Waals surface area contributed by atoms with Crippen LogP contribution in [0.1, 0.15) is 30.6 Å². The van der Waals surface area contributed by atoms with Gasteiger partial charge in [0.2, 0.25) is 5.91 Å². The number of hydrogen-bond acceptors (Lipinski definition) is 6. The van der Waals surface area contributed by atoms with Crippen LogP contribution < -0.4 is 10.5 Å². The number of likely N-dealkylation sites (N-methyl/N-ethyl adjacent to an activating group) is 1. The average molecular weight is 321 g/mol. The average Bonchev–Trinajstić information content (AvgIpc) is 2.97. The number of nitrogens with zero attached hydrogens (tertiary/aromatic N) is 4. The molecular weight excluding hydrogens is 298 g/mol. The molecule has 2 N–H and O–H groups in total. The Morgan fingerprint density at radius 2 is 1.96 bits per heavy atom. The Balaban J connectivity index is 2.20. The second-order valence-electron chi connectivity index (χ2n) is 5.44. The first-order valence-electron chi connectivity index (χ1n) is 7.73. The van der Waals surface area contributed by atoms with Crippen molar-refractivity contribution in [1.29, 1.82) is 0 Å². The molecule has 1 saturated heterocycles. The number of amides is 2. The number of methoxy groups -OCH3 is 1. The van der Waals surface area contributed by atoms with Gasteiger partial charge in [-0.15, -0.1) is 0 Å². The Bertz CT molecular complexity index is 559. The Hall–Kier alpha value is -2.22. The molecule has 1 aromatic heterocycles. The molecule has 0 aliphatic carbocycles. The lowest BCUT2D eigenvalue weighted by atomic mass is 10.1. The standard InChI is InChI=1S/C15H23N5O3/c1-4-19(5-2)14(22)12-6-11(16)9-20(12)13(21)10-7-17-15(23-3)18-8-10/h7-8,11-12H,4-6,9,16H2,1-3H3/t11-,12-/m0/s1. The van der Waals surface area contributed by atoms with Gasteiger partial charge in [-0.25, -0.2) is 9.97 Å². The summed E-state index contributed by atoms with van der Waals surface area (Å²) in [4.78, 5) is 36.4. The maximum Gasteiger partial charge on any atom is 0.316 e. The fourth-order valence-electron chi connectivity index (χ4n) is 2.77. The van der Waals surface area contributed by atoms with Crippen LogP contribution >= 0.6 is 0 Å². The number of hydrogen-bond donors (Lipinski definition) is 1. The second kappa shape index (κ2) is 7.36. The minimum Gasteiger partial charge on any atom is -0.467 e. The molecule has 1 aliphatic heterocycles. The molecule has 2 amide bonds. The molecule has 8 nitrogen and oxygen atoms in total. The van der Waals surface area contributed by atoms with E-state index in [1.165, 1.54) is 24.4 Å². The molecule has 0 bridgehead atoms. The van der Waals surface area contributed by atoms with E-state index < -0.39 is 6.04 Å². The highest BCUT2D eigenvalue weighted by Gasteiger charge is 2.40. The zero-order valence-electron chi connectivity index (χ0n) is 13.7. The highest BCUT2D eigenvalue weighted by atomic mass is 16.5.